The Morgan fingerprint density at radius 1 is 0.442 bits per heavy atom. The van der Waals surface area contributed by atoms with Crippen molar-refractivity contribution in [2.75, 3.05) is 106 Å². The Kier molecular flexibility index (Phi) is 12.3. The smallest absolute Gasteiger partial charge is 0.344 e. The largest absolute Gasteiger partial charge is 0.487 e. The molecule has 0 unspecified atom stereocenters. The van der Waals surface area contributed by atoms with Crippen LogP contribution in [0.15, 0.2) is 45.6 Å². The van der Waals surface area contributed by atoms with E-state index in [0.29, 0.717) is 139 Å². The fourth-order valence-corrected chi connectivity index (χ4v) is 4.42. The number of fused-ring (bicyclic) bond motifs is 4. The normalized spacial score (nSPS) is 18.9. The third kappa shape index (κ3) is 9.30. The minimum absolute atomic E-state index is 0.237. The van der Waals surface area contributed by atoms with Crippen molar-refractivity contribution in [1.82, 2.24) is 0 Å². The lowest BCUT2D eigenvalue weighted by atomic mass is 10.0. The van der Waals surface area contributed by atoms with Gasteiger partial charge in [0.15, 0.2) is 22.8 Å². The maximum Gasteiger partial charge on any atom is 0.344 e. The van der Waals surface area contributed by atoms with Gasteiger partial charge in [0.25, 0.3) is 0 Å². The maximum atomic E-state index is 13.4. The highest BCUT2D eigenvalue weighted by Crippen LogP contribution is 2.38. The van der Waals surface area contributed by atoms with Gasteiger partial charge in [-0.1, -0.05) is 6.07 Å². The van der Waals surface area contributed by atoms with Gasteiger partial charge in [-0.15, -0.1) is 0 Å². The van der Waals surface area contributed by atoms with Crippen LogP contribution in [0.25, 0.3) is 22.1 Å². The van der Waals surface area contributed by atoms with Crippen molar-refractivity contribution in [3.63, 3.8) is 0 Å². The van der Waals surface area contributed by atoms with Gasteiger partial charge in [0.05, 0.1) is 84.8 Å². The highest BCUT2D eigenvalue weighted by molar-refractivity contribution is 5.88. The number of hydrogen-bond acceptors (Lipinski definition) is 12. The van der Waals surface area contributed by atoms with E-state index in [1.165, 1.54) is 0 Å². The summed E-state index contributed by atoms with van der Waals surface area (Å²) in [7, 11) is 0. The second kappa shape index (κ2) is 17.0. The summed E-state index contributed by atoms with van der Waals surface area (Å²) in [5.74, 6) is 1.80. The summed E-state index contributed by atoms with van der Waals surface area (Å²) in [6, 6.07) is 10.7. The van der Waals surface area contributed by atoms with Gasteiger partial charge in [-0.3, -0.25) is 0 Å². The predicted molar refractivity (Wildman–Crippen MR) is 155 cm³/mol. The van der Waals surface area contributed by atoms with Crippen LogP contribution < -0.4 is 24.6 Å². The molecule has 3 aromatic rings. The van der Waals surface area contributed by atoms with Crippen LogP contribution in [-0.4, -0.2) is 106 Å². The van der Waals surface area contributed by atoms with E-state index >= 15 is 0 Å². The molecule has 43 heavy (non-hydrogen) atoms. The molecule has 0 saturated carbocycles. The van der Waals surface area contributed by atoms with E-state index < -0.39 is 5.63 Å². The van der Waals surface area contributed by atoms with Gasteiger partial charge in [0.2, 0.25) is 5.75 Å². The SMILES string of the molecule is O=c1oc2c3c(ccc2cc1-c1ccc2c(c1)OCCOCCOCCOCCO2)OCCOCCOCCOCCO3. The lowest BCUT2D eigenvalue weighted by Gasteiger charge is -2.16. The Morgan fingerprint density at radius 2 is 0.907 bits per heavy atom. The minimum Gasteiger partial charge on any atom is -0.487 e. The predicted octanol–water partition coefficient (Wildman–Crippen LogP) is 3.10. The van der Waals surface area contributed by atoms with Gasteiger partial charge < -0.3 is 51.8 Å². The molecular weight excluding hydrogens is 564 g/mol. The molecule has 0 aliphatic carbocycles. The molecule has 0 bridgehead atoms. The molecule has 0 radical (unpaired) electrons. The van der Waals surface area contributed by atoms with Crippen LogP contribution in [-0.2, 0) is 28.4 Å². The summed E-state index contributed by atoms with van der Waals surface area (Å²) in [5, 5.41) is 0.668. The zero-order valence-corrected chi connectivity index (χ0v) is 24.2. The molecule has 3 heterocycles. The van der Waals surface area contributed by atoms with Gasteiger partial charge >= 0.3 is 5.63 Å². The van der Waals surface area contributed by atoms with Gasteiger partial charge in [0, 0.05) is 5.39 Å². The zero-order valence-electron chi connectivity index (χ0n) is 24.2. The summed E-state index contributed by atoms with van der Waals surface area (Å²) in [6.45, 7) is 6.40. The molecule has 2 aliphatic heterocycles. The van der Waals surface area contributed by atoms with Crippen molar-refractivity contribution in [1.29, 1.82) is 0 Å². The van der Waals surface area contributed by atoms with Gasteiger partial charge in [-0.25, -0.2) is 4.79 Å². The van der Waals surface area contributed by atoms with Gasteiger partial charge in [-0.2, -0.15) is 0 Å². The number of benzene rings is 2. The lowest BCUT2D eigenvalue weighted by molar-refractivity contribution is 0.00708. The quantitative estimate of drug-likeness (QED) is 0.381. The first-order valence-corrected chi connectivity index (χ1v) is 14.5. The maximum absolute atomic E-state index is 13.4. The standard InChI is InChI=1S/C31H38O12/c32-31-25(23-1-3-26-28(22-23)41-19-15-37-11-7-33-5-9-35-13-17-39-26)21-24-2-4-27-30(29(24)43-31)42-20-16-38-12-8-34-6-10-36-14-18-40-27/h1-4,21-22H,5-20H2. The van der Waals surface area contributed by atoms with E-state index in [4.69, 9.17) is 51.8 Å². The van der Waals surface area contributed by atoms with E-state index in [0.717, 1.165) is 0 Å². The van der Waals surface area contributed by atoms with Crippen molar-refractivity contribution >= 4 is 11.0 Å². The van der Waals surface area contributed by atoms with Crippen LogP contribution in [0.5, 0.6) is 23.0 Å². The summed E-state index contributed by atoms with van der Waals surface area (Å²) >= 11 is 0. The lowest BCUT2D eigenvalue weighted by Crippen LogP contribution is -2.13. The fraction of sp³-hybridized carbons (Fsp3) is 0.516. The second-order valence-corrected chi connectivity index (χ2v) is 9.49. The first-order chi connectivity index (χ1) is 21.3. The Hall–Kier alpha value is -3.39. The van der Waals surface area contributed by atoms with Gasteiger partial charge in [-0.05, 0) is 35.9 Å². The van der Waals surface area contributed by atoms with Crippen molar-refractivity contribution in [2.24, 2.45) is 0 Å². The van der Waals surface area contributed by atoms with Crippen LogP contribution in [0, 0.1) is 0 Å². The van der Waals surface area contributed by atoms with Crippen molar-refractivity contribution in [3.8, 4) is 34.1 Å². The van der Waals surface area contributed by atoms with Crippen LogP contribution in [0.1, 0.15) is 0 Å². The minimum atomic E-state index is -0.535. The topological polar surface area (TPSA) is 123 Å². The molecule has 0 N–H and O–H groups in total. The van der Waals surface area contributed by atoms with E-state index in [1.807, 2.05) is 6.07 Å². The first-order valence-electron chi connectivity index (χ1n) is 14.5. The molecule has 0 amide bonds. The molecule has 2 aliphatic rings. The summed E-state index contributed by atoms with van der Waals surface area (Å²) < 4.78 is 62.8. The zero-order chi connectivity index (χ0) is 29.5. The second-order valence-electron chi connectivity index (χ2n) is 9.49. The Balaban J connectivity index is 1.39. The molecule has 12 heteroatoms. The van der Waals surface area contributed by atoms with Crippen molar-refractivity contribution in [2.45, 2.75) is 0 Å². The van der Waals surface area contributed by atoms with E-state index in [2.05, 4.69) is 0 Å². The molecule has 12 nitrogen and oxygen atoms in total. The van der Waals surface area contributed by atoms with Crippen LogP contribution in [0.3, 0.4) is 0 Å². The molecule has 2 aromatic carbocycles. The number of hydrogen-bond donors (Lipinski definition) is 0. The molecule has 0 saturated heterocycles. The molecule has 0 fully saturated rings. The molecular formula is C31H38O12. The molecule has 0 atom stereocenters. The molecule has 1 aromatic heterocycles. The fourth-order valence-electron chi connectivity index (χ4n) is 4.42. The Morgan fingerprint density at radius 3 is 1.49 bits per heavy atom. The average Bonchev–Trinajstić information content (AvgIpc) is 3.03. The molecule has 234 valence electrons. The van der Waals surface area contributed by atoms with Crippen LogP contribution >= 0.6 is 0 Å². The number of ether oxygens (including phenoxy) is 10. The highest BCUT2D eigenvalue weighted by Gasteiger charge is 2.18. The Bertz CT molecular complexity index is 1340. The van der Waals surface area contributed by atoms with Crippen molar-refractivity contribution in [3.05, 3.63) is 46.8 Å². The first kappa shape index (κ1) is 31.0. The van der Waals surface area contributed by atoms with E-state index in [1.54, 1.807) is 30.3 Å². The third-order valence-electron chi connectivity index (χ3n) is 6.49. The average molecular weight is 603 g/mol. The number of rotatable bonds is 1. The van der Waals surface area contributed by atoms with E-state index in [9.17, 15) is 4.79 Å². The summed E-state index contributed by atoms with van der Waals surface area (Å²) in [6.07, 6.45) is 0. The summed E-state index contributed by atoms with van der Waals surface area (Å²) in [5.41, 5.74) is 0.727. The third-order valence-corrected chi connectivity index (χ3v) is 6.49. The molecule has 5 rings (SSSR count). The van der Waals surface area contributed by atoms with E-state index in [-0.39, 0.29) is 12.2 Å². The van der Waals surface area contributed by atoms with Crippen molar-refractivity contribution < 1.29 is 51.8 Å². The molecule has 0 spiro atoms. The van der Waals surface area contributed by atoms with Crippen LogP contribution in [0.2, 0.25) is 0 Å². The van der Waals surface area contributed by atoms with Crippen LogP contribution in [0.4, 0.5) is 0 Å². The summed E-state index contributed by atoms with van der Waals surface area (Å²) in [4.78, 5) is 13.4. The monoisotopic (exact) mass is 602 g/mol. The highest BCUT2D eigenvalue weighted by atomic mass is 16.6. The Labute approximate surface area is 249 Å². The van der Waals surface area contributed by atoms with Gasteiger partial charge in [0.1, 0.15) is 26.4 Å².